The van der Waals surface area contributed by atoms with Crippen LogP contribution in [-0.4, -0.2) is 25.2 Å². The maximum Gasteiger partial charge on any atom is 0.337 e. The second-order valence-corrected chi connectivity index (χ2v) is 4.64. The predicted octanol–water partition coefficient (Wildman–Crippen LogP) is 3.92. The summed E-state index contributed by atoms with van der Waals surface area (Å²) < 4.78 is 18.1. The average molecular weight is 324 g/mol. The Labute approximate surface area is 134 Å². The van der Waals surface area contributed by atoms with Gasteiger partial charge in [0, 0.05) is 18.9 Å². The number of carbonyl (C=O) groups excluding carboxylic acids is 1. The third-order valence-corrected chi connectivity index (χ3v) is 3.20. The number of anilines is 1. The Kier molecular flexibility index (Phi) is 7.31. The second-order valence-electron chi connectivity index (χ2n) is 3.82. The monoisotopic (exact) mass is 324 g/mol. The first-order valence-corrected chi connectivity index (χ1v) is 7.57. The van der Waals surface area contributed by atoms with Crippen molar-refractivity contribution in [2.45, 2.75) is 25.8 Å². The SMILES string of the molecule is CC.COC(=O)c1ccc(NSc2coc(C)n2)c(OC)c1. The molecule has 0 radical (unpaired) electrons. The number of carbonyl (C=O) groups is 1. The number of nitrogens with one attached hydrogen (secondary N) is 1. The maximum atomic E-state index is 11.4. The van der Waals surface area contributed by atoms with Crippen LogP contribution in [0.4, 0.5) is 5.69 Å². The van der Waals surface area contributed by atoms with Crippen molar-refractivity contribution in [3.8, 4) is 5.75 Å². The van der Waals surface area contributed by atoms with E-state index in [1.165, 1.54) is 26.2 Å². The van der Waals surface area contributed by atoms with Crippen molar-refractivity contribution in [3.05, 3.63) is 35.9 Å². The summed E-state index contributed by atoms with van der Waals surface area (Å²) in [5.74, 6) is 0.734. The van der Waals surface area contributed by atoms with Crippen LogP contribution < -0.4 is 9.46 Å². The molecule has 1 heterocycles. The Morgan fingerprint density at radius 2 is 2.05 bits per heavy atom. The van der Waals surface area contributed by atoms with E-state index in [1.807, 2.05) is 13.8 Å². The fourth-order valence-electron chi connectivity index (χ4n) is 1.52. The van der Waals surface area contributed by atoms with Crippen molar-refractivity contribution in [2.24, 2.45) is 0 Å². The summed E-state index contributed by atoms with van der Waals surface area (Å²) >= 11 is 1.29. The van der Waals surface area contributed by atoms with Crippen LogP contribution in [0, 0.1) is 6.92 Å². The zero-order valence-electron chi connectivity index (χ0n) is 13.3. The lowest BCUT2D eigenvalue weighted by atomic mass is 10.2. The number of aryl methyl sites for hydroxylation is 1. The summed E-state index contributed by atoms with van der Waals surface area (Å²) in [5, 5.41) is 0.710. The molecule has 0 atom stereocenters. The lowest BCUT2D eigenvalue weighted by molar-refractivity contribution is 0.0600. The van der Waals surface area contributed by atoms with Gasteiger partial charge in [-0.05, 0) is 18.2 Å². The van der Waals surface area contributed by atoms with Gasteiger partial charge in [0.1, 0.15) is 12.0 Å². The lowest BCUT2D eigenvalue weighted by Crippen LogP contribution is -2.02. The molecule has 2 aromatic rings. The van der Waals surface area contributed by atoms with Crippen LogP contribution in [0.1, 0.15) is 30.1 Å². The van der Waals surface area contributed by atoms with Crippen LogP contribution in [-0.2, 0) is 4.74 Å². The highest BCUT2D eigenvalue weighted by molar-refractivity contribution is 8.00. The molecule has 1 aromatic carbocycles. The Morgan fingerprint density at radius 1 is 1.32 bits per heavy atom. The van der Waals surface area contributed by atoms with Gasteiger partial charge in [-0.3, -0.25) is 0 Å². The van der Waals surface area contributed by atoms with Gasteiger partial charge in [-0.25, -0.2) is 9.78 Å². The molecule has 0 aliphatic carbocycles. The van der Waals surface area contributed by atoms with Crippen molar-refractivity contribution < 1.29 is 18.7 Å². The molecule has 0 aliphatic heterocycles. The number of aromatic nitrogens is 1. The van der Waals surface area contributed by atoms with E-state index in [9.17, 15) is 4.79 Å². The van der Waals surface area contributed by atoms with Crippen molar-refractivity contribution >= 4 is 23.6 Å². The molecule has 0 saturated heterocycles. The number of rotatable bonds is 5. The number of benzene rings is 1. The van der Waals surface area contributed by atoms with Crippen LogP contribution in [0.3, 0.4) is 0 Å². The molecule has 7 heteroatoms. The second kappa shape index (κ2) is 8.99. The van der Waals surface area contributed by atoms with E-state index in [0.717, 1.165) is 5.69 Å². The number of methoxy groups -OCH3 is 2. The third-order valence-electron chi connectivity index (χ3n) is 2.49. The number of esters is 1. The van der Waals surface area contributed by atoms with Crippen molar-refractivity contribution in [3.63, 3.8) is 0 Å². The van der Waals surface area contributed by atoms with Crippen molar-refractivity contribution in [2.75, 3.05) is 18.9 Å². The standard InChI is InChI=1S/C13H14N2O4S.C2H6/c1-8-14-12(7-19-8)20-15-10-5-4-9(13(16)18-3)6-11(10)17-2;1-2/h4-7,15H,1-3H3;1-2H3. The zero-order valence-corrected chi connectivity index (χ0v) is 14.1. The third kappa shape index (κ3) is 4.70. The topological polar surface area (TPSA) is 73.6 Å². The zero-order chi connectivity index (χ0) is 16.5. The molecule has 1 aromatic heterocycles. The fourth-order valence-corrected chi connectivity index (χ4v) is 2.17. The average Bonchev–Trinajstić information content (AvgIpc) is 2.99. The molecule has 0 fully saturated rings. The Balaban J connectivity index is 0.00000116. The summed E-state index contributed by atoms with van der Waals surface area (Å²) in [6, 6.07) is 5.01. The smallest absolute Gasteiger partial charge is 0.337 e. The molecule has 0 aliphatic rings. The summed E-state index contributed by atoms with van der Waals surface area (Å²) in [4.78, 5) is 15.6. The summed E-state index contributed by atoms with van der Waals surface area (Å²) in [7, 11) is 2.87. The van der Waals surface area contributed by atoms with Gasteiger partial charge in [-0.2, -0.15) is 0 Å². The van der Waals surface area contributed by atoms with Gasteiger partial charge < -0.3 is 18.6 Å². The molecule has 2 rings (SSSR count). The van der Waals surface area contributed by atoms with E-state index in [-0.39, 0.29) is 0 Å². The van der Waals surface area contributed by atoms with Crippen molar-refractivity contribution in [1.29, 1.82) is 0 Å². The minimum atomic E-state index is -0.408. The fraction of sp³-hybridized carbons (Fsp3) is 0.333. The molecule has 0 spiro atoms. The minimum absolute atomic E-state index is 0.408. The van der Waals surface area contributed by atoms with Gasteiger partial charge in [-0.15, -0.1) is 0 Å². The number of hydrogen-bond acceptors (Lipinski definition) is 7. The van der Waals surface area contributed by atoms with Crippen LogP contribution in [0.2, 0.25) is 0 Å². The molecule has 1 N–H and O–H groups in total. The van der Waals surface area contributed by atoms with Crippen LogP contribution in [0.15, 0.2) is 33.9 Å². The maximum absolute atomic E-state index is 11.4. The van der Waals surface area contributed by atoms with E-state index < -0.39 is 5.97 Å². The Bertz CT molecular complexity index is 613. The molecule has 0 bridgehead atoms. The summed E-state index contributed by atoms with van der Waals surface area (Å²) in [6.45, 7) is 5.77. The van der Waals surface area contributed by atoms with Crippen LogP contribution in [0.5, 0.6) is 5.75 Å². The number of oxazole rings is 1. The van der Waals surface area contributed by atoms with E-state index >= 15 is 0 Å². The molecule has 0 saturated carbocycles. The summed E-state index contributed by atoms with van der Waals surface area (Å²) in [5.41, 5.74) is 1.16. The van der Waals surface area contributed by atoms with Gasteiger partial charge >= 0.3 is 5.97 Å². The lowest BCUT2D eigenvalue weighted by Gasteiger charge is -2.10. The highest BCUT2D eigenvalue weighted by Gasteiger charge is 2.11. The molecule has 6 nitrogen and oxygen atoms in total. The minimum Gasteiger partial charge on any atom is -0.495 e. The van der Waals surface area contributed by atoms with Gasteiger partial charge in [-0.1, -0.05) is 13.8 Å². The molecular weight excluding hydrogens is 304 g/mol. The normalized spacial score (nSPS) is 9.50. The molecule has 0 amide bonds. The number of nitrogens with zero attached hydrogens (tertiary/aromatic N) is 1. The highest BCUT2D eigenvalue weighted by Crippen LogP contribution is 2.30. The number of ether oxygens (including phenoxy) is 2. The van der Waals surface area contributed by atoms with Crippen LogP contribution >= 0.6 is 11.9 Å². The van der Waals surface area contributed by atoms with Gasteiger partial charge in [0.15, 0.2) is 10.9 Å². The largest absolute Gasteiger partial charge is 0.495 e. The first-order chi connectivity index (χ1) is 10.6. The predicted molar refractivity (Wildman–Crippen MR) is 86.4 cm³/mol. The molecule has 22 heavy (non-hydrogen) atoms. The van der Waals surface area contributed by atoms with Gasteiger partial charge in [0.05, 0.1) is 25.5 Å². The van der Waals surface area contributed by atoms with Gasteiger partial charge in [0.2, 0.25) is 0 Å². The summed E-state index contributed by atoms with van der Waals surface area (Å²) in [6.07, 6.45) is 1.56. The first kappa shape index (κ1) is 17.9. The Hall–Kier alpha value is -2.15. The van der Waals surface area contributed by atoms with E-state index in [2.05, 4.69) is 14.4 Å². The van der Waals surface area contributed by atoms with Gasteiger partial charge in [0.25, 0.3) is 0 Å². The molecule has 0 unspecified atom stereocenters. The van der Waals surface area contributed by atoms with Crippen LogP contribution in [0.25, 0.3) is 0 Å². The van der Waals surface area contributed by atoms with E-state index in [1.54, 1.807) is 31.4 Å². The molecular formula is C15H20N2O4S. The number of hydrogen-bond donors (Lipinski definition) is 1. The first-order valence-electron chi connectivity index (χ1n) is 6.75. The van der Waals surface area contributed by atoms with E-state index in [4.69, 9.17) is 9.15 Å². The molecule has 120 valence electrons. The highest BCUT2D eigenvalue weighted by atomic mass is 32.2. The van der Waals surface area contributed by atoms with Crippen molar-refractivity contribution in [1.82, 2.24) is 4.98 Å². The van der Waals surface area contributed by atoms with E-state index in [0.29, 0.717) is 22.2 Å². The Morgan fingerprint density at radius 3 is 2.59 bits per heavy atom. The quantitative estimate of drug-likeness (QED) is 0.660.